The van der Waals surface area contributed by atoms with Gasteiger partial charge < -0.3 is 10.1 Å². The third-order valence-corrected chi connectivity index (χ3v) is 3.45. The Balaban J connectivity index is 2.05. The van der Waals surface area contributed by atoms with Crippen LogP contribution in [0.4, 0.5) is 4.79 Å². The molecule has 1 aliphatic rings. The molecule has 0 radical (unpaired) electrons. The molecule has 1 heterocycles. The molecule has 0 unspecified atom stereocenters. The molecule has 0 saturated carbocycles. The fraction of sp³-hybridized carbons (Fsp3) is 0.308. The fourth-order valence-corrected chi connectivity index (χ4v) is 2.32. The number of halogens is 2. The Hall–Kier alpha value is -1.79. The molecule has 0 spiro atoms. The van der Waals surface area contributed by atoms with Gasteiger partial charge in [0.25, 0.3) is 5.91 Å². The molecule has 21 heavy (non-hydrogen) atoms. The second kappa shape index (κ2) is 6.32. The summed E-state index contributed by atoms with van der Waals surface area (Å²) < 4.78 is 5.04. The zero-order valence-electron chi connectivity index (χ0n) is 11.1. The van der Waals surface area contributed by atoms with E-state index in [0.29, 0.717) is 11.6 Å². The molecule has 3 amide bonds. The largest absolute Gasteiger partial charge is 0.449 e. The van der Waals surface area contributed by atoms with Crippen LogP contribution in [0.15, 0.2) is 18.2 Å². The van der Waals surface area contributed by atoms with Crippen LogP contribution < -0.4 is 5.32 Å². The number of ether oxygens (including phenoxy) is 1. The average Bonchev–Trinajstić information content (AvgIpc) is 2.83. The highest BCUT2D eigenvalue weighted by atomic mass is 35.5. The fourth-order valence-electron chi connectivity index (χ4n) is 1.83. The molecule has 0 aliphatic carbocycles. The number of imide groups is 1. The topological polar surface area (TPSA) is 75.7 Å². The monoisotopic (exact) mass is 330 g/mol. The number of benzene rings is 1. The highest BCUT2D eigenvalue weighted by molar-refractivity contribution is 6.36. The van der Waals surface area contributed by atoms with Gasteiger partial charge in [-0.2, -0.15) is 0 Å². The first-order chi connectivity index (χ1) is 9.90. The van der Waals surface area contributed by atoms with Gasteiger partial charge in [-0.25, -0.2) is 9.59 Å². The van der Waals surface area contributed by atoms with Crippen LogP contribution in [0.1, 0.15) is 17.3 Å². The lowest BCUT2D eigenvalue weighted by atomic mass is 10.2. The van der Waals surface area contributed by atoms with Crippen molar-refractivity contribution in [2.75, 3.05) is 13.1 Å². The first-order valence-corrected chi connectivity index (χ1v) is 6.91. The number of hydrogen-bond acceptors (Lipinski definition) is 4. The number of esters is 1. The summed E-state index contributed by atoms with van der Waals surface area (Å²) in [5.74, 6) is -1.33. The lowest BCUT2D eigenvalue weighted by molar-refractivity contribution is -0.136. The van der Waals surface area contributed by atoms with Crippen molar-refractivity contribution in [3.05, 3.63) is 33.8 Å². The van der Waals surface area contributed by atoms with Gasteiger partial charge in [-0.3, -0.25) is 9.69 Å². The smallest absolute Gasteiger partial charge is 0.340 e. The summed E-state index contributed by atoms with van der Waals surface area (Å²) in [6.07, 6.45) is -1.09. The van der Waals surface area contributed by atoms with E-state index in [4.69, 9.17) is 27.9 Å². The van der Waals surface area contributed by atoms with Crippen molar-refractivity contribution < 1.29 is 19.1 Å². The average molecular weight is 331 g/mol. The lowest BCUT2D eigenvalue weighted by Gasteiger charge is -2.18. The van der Waals surface area contributed by atoms with Crippen LogP contribution in [0.2, 0.25) is 10.0 Å². The lowest BCUT2D eigenvalue weighted by Crippen LogP contribution is -2.41. The van der Waals surface area contributed by atoms with Gasteiger partial charge >= 0.3 is 12.0 Å². The number of amides is 3. The number of rotatable bonds is 3. The van der Waals surface area contributed by atoms with E-state index in [1.54, 1.807) is 0 Å². The number of hydrogen-bond donors (Lipinski definition) is 1. The molecule has 1 saturated heterocycles. The quantitative estimate of drug-likeness (QED) is 0.861. The summed E-state index contributed by atoms with van der Waals surface area (Å²) in [6, 6.07) is 3.81. The van der Waals surface area contributed by atoms with Gasteiger partial charge in [-0.05, 0) is 25.1 Å². The summed E-state index contributed by atoms with van der Waals surface area (Å²) >= 11 is 11.6. The highest BCUT2D eigenvalue weighted by Gasteiger charge is 2.32. The maximum absolute atomic E-state index is 12.0. The standard InChI is InChI=1S/C13H12Cl2N2O4/c1-7(11(18)17-5-4-16-13(17)20)21-12(19)9-3-2-8(14)6-10(9)15/h2-3,6-7H,4-5H2,1H3,(H,16,20)/t7-/m0/s1. The molecule has 0 bridgehead atoms. The van der Waals surface area contributed by atoms with Crippen molar-refractivity contribution >= 4 is 41.1 Å². The van der Waals surface area contributed by atoms with Gasteiger partial charge in [-0.1, -0.05) is 23.2 Å². The number of carbonyl (C=O) groups is 3. The Morgan fingerprint density at radius 3 is 2.67 bits per heavy atom. The SMILES string of the molecule is C[C@H](OC(=O)c1ccc(Cl)cc1Cl)C(=O)N1CCNC1=O. The van der Waals surface area contributed by atoms with E-state index in [1.165, 1.54) is 25.1 Å². The molecular formula is C13H12Cl2N2O4. The van der Waals surface area contributed by atoms with Crippen LogP contribution in [0, 0.1) is 0 Å². The first-order valence-electron chi connectivity index (χ1n) is 6.15. The Bertz CT molecular complexity index is 606. The van der Waals surface area contributed by atoms with Crippen molar-refractivity contribution in [1.29, 1.82) is 0 Å². The van der Waals surface area contributed by atoms with E-state index in [-0.39, 0.29) is 17.1 Å². The van der Waals surface area contributed by atoms with E-state index < -0.39 is 24.0 Å². The minimum Gasteiger partial charge on any atom is -0.449 e. The molecule has 1 N–H and O–H groups in total. The second-order valence-electron chi connectivity index (χ2n) is 4.39. The molecule has 2 rings (SSSR count). The zero-order chi connectivity index (χ0) is 15.6. The van der Waals surface area contributed by atoms with Gasteiger partial charge in [0.2, 0.25) is 0 Å². The van der Waals surface area contributed by atoms with Crippen molar-refractivity contribution in [2.45, 2.75) is 13.0 Å². The molecule has 8 heteroatoms. The third-order valence-electron chi connectivity index (χ3n) is 2.91. The van der Waals surface area contributed by atoms with Crippen LogP contribution in [-0.2, 0) is 9.53 Å². The van der Waals surface area contributed by atoms with Crippen LogP contribution >= 0.6 is 23.2 Å². The normalized spacial score (nSPS) is 15.6. The van der Waals surface area contributed by atoms with Crippen LogP contribution in [0.5, 0.6) is 0 Å². The molecule has 112 valence electrons. The van der Waals surface area contributed by atoms with Gasteiger partial charge in [0.15, 0.2) is 6.10 Å². The number of urea groups is 1. The Morgan fingerprint density at radius 1 is 1.38 bits per heavy atom. The molecule has 1 fully saturated rings. The predicted molar refractivity (Wildman–Crippen MR) is 76.5 cm³/mol. The maximum Gasteiger partial charge on any atom is 0.340 e. The summed E-state index contributed by atoms with van der Waals surface area (Å²) in [6.45, 7) is 2.03. The molecule has 1 aliphatic heterocycles. The number of nitrogens with zero attached hydrogens (tertiary/aromatic N) is 1. The number of carbonyl (C=O) groups excluding carboxylic acids is 3. The van der Waals surface area contributed by atoms with Crippen molar-refractivity contribution in [2.24, 2.45) is 0 Å². The van der Waals surface area contributed by atoms with E-state index in [2.05, 4.69) is 5.32 Å². The van der Waals surface area contributed by atoms with Crippen molar-refractivity contribution in [3.8, 4) is 0 Å². The summed E-state index contributed by atoms with van der Waals surface area (Å²) in [5, 5.41) is 3.01. The summed E-state index contributed by atoms with van der Waals surface area (Å²) in [4.78, 5) is 36.3. The number of nitrogens with one attached hydrogen (secondary N) is 1. The van der Waals surface area contributed by atoms with Crippen LogP contribution in [0.3, 0.4) is 0 Å². The Morgan fingerprint density at radius 2 is 2.10 bits per heavy atom. The molecule has 1 aromatic rings. The zero-order valence-corrected chi connectivity index (χ0v) is 12.6. The van der Waals surface area contributed by atoms with Crippen LogP contribution in [0.25, 0.3) is 0 Å². The Kier molecular flexibility index (Phi) is 4.69. The van der Waals surface area contributed by atoms with Gasteiger partial charge in [-0.15, -0.1) is 0 Å². The van der Waals surface area contributed by atoms with Crippen molar-refractivity contribution in [1.82, 2.24) is 10.2 Å². The Labute approximate surface area is 130 Å². The van der Waals surface area contributed by atoms with E-state index in [9.17, 15) is 14.4 Å². The van der Waals surface area contributed by atoms with Crippen molar-refractivity contribution in [3.63, 3.8) is 0 Å². The van der Waals surface area contributed by atoms with Crippen LogP contribution in [-0.4, -0.2) is 42.0 Å². The molecule has 1 aromatic carbocycles. The predicted octanol–water partition coefficient (Wildman–Crippen LogP) is 2.09. The minimum absolute atomic E-state index is 0.103. The molecule has 6 nitrogen and oxygen atoms in total. The van der Waals surface area contributed by atoms with Gasteiger partial charge in [0, 0.05) is 18.1 Å². The molecule has 0 aromatic heterocycles. The summed E-state index contributed by atoms with van der Waals surface area (Å²) in [7, 11) is 0. The van der Waals surface area contributed by atoms with E-state index in [1.807, 2.05) is 0 Å². The molecule has 1 atom stereocenters. The minimum atomic E-state index is -1.09. The third kappa shape index (κ3) is 3.46. The first kappa shape index (κ1) is 15.6. The highest BCUT2D eigenvalue weighted by Crippen LogP contribution is 2.22. The second-order valence-corrected chi connectivity index (χ2v) is 5.24. The van der Waals surface area contributed by atoms with E-state index >= 15 is 0 Å². The van der Waals surface area contributed by atoms with Gasteiger partial charge in [0.1, 0.15) is 0 Å². The maximum atomic E-state index is 12.0. The van der Waals surface area contributed by atoms with Gasteiger partial charge in [0.05, 0.1) is 10.6 Å². The van der Waals surface area contributed by atoms with E-state index in [0.717, 1.165) is 4.90 Å². The summed E-state index contributed by atoms with van der Waals surface area (Å²) in [5.41, 5.74) is 0.103. The molecular weight excluding hydrogens is 319 g/mol.